The first-order valence-corrected chi connectivity index (χ1v) is 9.11. The molecule has 22 heavy (non-hydrogen) atoms. The van der Waals surface area contributed by atoms with Crippen LogP contribution >= 0.6 is 0 Å². The van der Waals surface area contributed by atoms with Crippen LogP contribution in [0.15, 0.2) is 6.33 Å². The molecule has 1 aliphatic rings. The van der Waals surface area contributed by atoms with Gasteiger partial charge in [-0.3, -0.25) is 0 Å². The second kappa shape index (κ2) is 8.00. The fourth-order valence-corrected chi connectivity index (χ4v) is 3.98. The molecule has 9 heteroatoms. The second-order valence-corrected chi connectivity index (χ2v) is 7.34. The van der Waals surface area contributed by atoms with Crippen LogP contribution in [-0.2, 0) is 28.0 Å². The maximum Gasteiger partial charge on any atom is 0.279 e. The molecule has 126 valence electrons. The molecule has 1 atom stereocenters. The van der Waals surface area contributed by atoms with Gasteiger partial charge in [0.1, 0.15) is 12.2 Å². The third-order valence-corrected chi connectivity index (χ3v) is 5.32. The number of methoxy groups -OCH3 is 1. The van der Waals surface area contributed by atoms with Crippen LogP contribution in [0, 0.1) is 5.92 Å². The molecule has 0 aliphatic carbocycles. The van der Waals surface area contributed by atoms with E-state index in [1.54, 1.807) is 13.4 Å². The maximum absolute atomic E-state index is 12.4. The van der Waals surface area contributed by atoms with Gasteiger partial charge in [-0.25, -0.2) is 0 Å². The van der Waals surface area contributed by atoms with E-state index in [1.165, 1.54) is 4.31 Å². The number of nitrogens with one attached hydrogen (secondary N) is 1. The minimum atomic E-state index is -3.50. The number of hydrogen-bond donors (Lipinski definition) is 1. The van der Waals surface area contributed by atoms with Gasteiger partial charge in [-0.2, -0.15) is 17.4 Å². The van der Waals surface area contributed by atoms with Gasteiger partial charge in [0, 0.05) is 26.7 Å². The molecule has 0 spiro atoms. The molecule has 1 aromatic rings. The molecule has 0 amide bonds. The van der Waals surface area contributed by atoms with Gasteiger partial charge in [0.25, 0.3) is 10.2 Å². The molecule has 0 aromatic carbocycles. The lowest BCUT2D eigenvalue weighted by Gasteiger charge is -2.31. The summed E-state index contributed by atoms with van der Waals surface area (Å²) in [5.41, 5.74) is 0. The van der Waals surface area contributed by atoms with Gasteiger partial charge in [-0.05, 0) is 25.2 Å². The van der Waals surface area contributed by atoms with Crippen molar-refractivity contribution in [2.45, 2.75) is 39.3 Å². The lowest BCUT2D eigenvalue weighted by Crippen LogP contribution is -2.46. The number of hydrogen-bond acceptors (Lipinski definition) is 5. The van der Waals surface area contributed by atoms with Gasteiger partial charge in [-0.1, -0.05) is 6.92 Å². The summed E-state index contributed by atoms with van der Waals surface area (Å²) < 4.78 is 36.0. The van der Waals surface area contributed by atoms with Crippen LogP contribution in [0.2, 0.25) is 0 Å². The predicted molar refractivity (Wildman–Crippen MR) is 82.2 cm³/mol. The van der Waals surface area contributed by atoms with Crippen molar-refractivity contribution in [3.05, 3.63) is 12.2 Å². The molecule has 0 unspecified atom stereocenters. The summed E-state index contributed by atoms with van der Waals surface area (Å²) in [5, 5.41) is 7.81. The van der Waals surface area contributed by atoms with E-state index in [9.17, 15) is 8.42 Å². The SMILES string of the molecule is CCCn1cnnc1CNS(=O)(=O)N1CCC[C@H](COC)C1. The van der Waals surface area contributed by atoms with E-state index >= 15 is 0 Å². The Morgan fingerprint density at radius 2 is 2.32 bits per heavy atom. The zero-order chi connectivity index (χ0) is 16.0. The number of ether oxygens (including phenoxy) is 1. The van der Waals surface area contributed by atoms with Gasteiger partial charge in [0.2, 0.25) is 0 Å². The van der Waals surface area contributed by atoms with E-state index in [1.807, 2.05) is 4.57 Å². The fourth-order valence-electron chi connectivity index (χ4n) is 2.71. The number of piperidine rings is 1. The summed E-state index contributed by atoms with van der Waals surface area (Å²) >= 11 is 0. The van der Waals surface area contributed by atoms with Crippen LogP contribution in [0.1, 0.15) is 32.0 Å². The van der Waals surface area contributed by atoms with Crippen molar-refractivity contribution >= 4 is 10.2 Å². The van der Waals surface area contributed by atoms with Crippen molar-refractivity contribution in [1.29, 1.82) is 0 Å². The summed E-state index contributed by atoms with van der Waals surface area (Å²) in [6, 6.07) is 0. The van der Waals surface area contributed by atoms with E-state index in [4.69, 9.17) is 4.74 Å². The van der Waals surface area contributed by atoms with Gasteiger partial charge in [0.05, 0.1) is 13.2 Å². The average Bonchev–Trinajstić information content (AvgIpc) is 2.94. The Bertz CT molecular complexity index is 558. The molecule has 2 heterocycles. The molecule has 2 rings (SSSR count). The minimum absolute atomic E-state index is 0.160. The van der Waals surface area contributed by atoms with E-state index in [0.717, 1.165) is 25.8 Å². The average molecular weight is 331 g/mol. The number of aryl methyl sites for hydroxylation is 1. The van der Waals surface area contributed by atoms with Gasteiger partial charge >= 0.3 is 0 Å². The Morgan fingerprint density at radius 3 is 3.05 bits per heavy atom. The number of nitrogens with zero attached hydrogens (tertiary/aromatic N) is 4. The summed E-state index contributed by atoms with van der Waals surface area (Å²) in [7, 11) is -1.85. The van der Waals surface area contributed by atoms with E-state index in [-0.39, 0.29) is 12.5 Å². The van der Waals surface area contributed by atoms with E-state index in [2.05, 4.69) is 21.8 Å². The van der Waals surface area contributed by atoms with Crippen LogP contribution in [-0.4, -0.2) is 54.3 Å². The van der Waals surface area contributed by atoms with Crippen molar-refractivity contribution in [2.24, 2.45) is 5.92 Å². The molecular formula is C13H25N5O3S. The molecule has 1 saturated heterocycles. The third kappa shape index (κ3) is 4.48. The Hall–Kier alpha value is -1.03. The molecule has 0 saturated carbocycles. The van der Waals surface area contributed by atoms with Crippen LogP contribution < -0.4 is 4.72 Å². The van der Waals surface area contributed by atoms with Crippen molar-refractivity contribution in [1.82, 2.24) is 23.8 Å². The highest BCUT2D eigenvalue weighted by molar-refractivity contribution is 7.87. The van der Waals surface area contributed by atoms with Crippen molar-refractivity contribution in [2.75, 3.05) is 26.8 Å². The van der Waals surface area contributed by atoms with Gasteiger partial charge in [-0.15, -0.1) is 10.2 Å². The highest BCUT2D eigenvalue weighted by Crippen LogP contribution is 2.18. The molecule has 0 bridgehead atoms. The number of aromatic nitrogens is 3. The molecule has 1 fully saturated rings. The van der Waals surface area contributed by atoms with Crippen LogP contribution in [0.25, 0.3) is 0 Å². The number of rotatable bonds is 8. The minimum Gasteiger partial charge on any atom is -0.384 e. The quantitative estimate of drug-likeness (QED) is 0.744. The summed E-state index contributed by atoms with van der Waals surface area (Å²) in [4.78, 5) is 0. The Balaban J connectivity index is 1.94. The van der Waals surface area contributed by atoms with Gasteiger partial charge in [0.15, 0.2) is 0 Å². The molecule has 1 N–H and O–H groups in total. The van der Waals surface area contributed by atoms with Gasteiger partial charge < -0.3 is 9.30 Å². The second-order valence-electron chi connectivity index (χ2n) is 5.59. The van der Waals surface area contributed by atoms with E-state index < -0.39 is 10.2 Å². The van der Waals surface area contributed by atoms with Crippen LogP contribution in [0.3, 0.4) is 0 Å². The highest BCUT2D eigenvalue weighted by atomic mass is 32.2. The van der Waals surface area contributed by atoms with Crippen molar-refractivity contribution in [3.63, 3.8) is 0 Å². The van der Waals surface area contributed by atoms with Crippen LogP contribution in [0.5, 0.6) is 0 Å². The standard InChI is InChI=1S/C13H25N5O3S/c1-3-6-17-11-14-16-13(17)8-15-22(19,20)18-7-4-5-12(9-18)10-21-2/h11-12,15H,3-10H2,1-2H3/t12-/m0/s1. The summed E-state index contributed by atoms with van der Waals surface area (Å²) in [6.07, 6.45) is 4.44. The topological polar surface area (TPSA) is 89.3 Å². The first-order chi connectivity index (χ1) is 10.6. The summed E-state index contributed by atoms with van der Waals surface area (Å²) in [6.45, 7) is 4.65. The smallest absolute Gasteiger partial charge is 0.279 e. The largest absolute Gasteiger partial charge is 0.384 e. The first-order valence-electron chi connectivity index (χ1n) is 7.67. The van der Waals surface area contributed by atoms with Crippen molar-refractivity contribution < 1.29 is 13.2 Å². The molecular weight excluding hydrogens is 306 g/mol. The summed E-state index contributed by atoms with van der Waals surface area (Å²) in [5.74, 6) is 0.898. The zero-order valence-corrected chi connectivity index (χ0v) is 14.0. The Kier molecular flexibility index (Phi) is 6.30. The zero-order valence-electron chi connectivity index (χ0n) is 13.2. The fraction of sp³-hybridized carbons (Fsp3) is 0.846. The van der Waals surface area contributed by atoms with Crippen LogP contribution in [0.4, 0.5) is 0 Å². The molecule has 1 aliphatic heterocycles. The monoisotopic (exact) mass is 331 g/mol. The molecule has 0 radical (unpaired) electrons. The first kappa shape index (κ1) is 17.3. The Labute approximate surface area is 132 Å². The Morgan fingerprint density at radius 1 is 1.50 bits per heavy atom. The highest BCUT2D eigenvalue weighted by Gasteiger charge is 2.28. The van der Waals surface area contributed by atoms with Crippen molar-refractivity contribution in [3.8, 4) is 0 Å². The van der Waals surface area contributed by atoms with E-state index in [0.29, 0.717) is 25.5 Å². The molecule has 8 nitrogen and oxygen atoms in total. The third-order valence-electron chi connectivity index (χ3n) is 3.80. The lowest BCUT2D eigenvalue weighted by atomic mass is 10.0. The maximum atomic E-state index is 12.4. The molecule has 1 aromatic heterocycles. The predicted octanol–water partition coefficient (Wildman–Crippen LogP) is 0.381. The lowest BCUT2D eigenvalue weighted by molar-refractivity contribution is 0.118. The normalized spacial score (nSPS) is 20.4.